The van der Waals surface area contributed by atoms with Crippen LogP contribution in [-0.2, 0) is 22.0 Å². The molecule has 1 aromatic rings. The molecule has 144 valence electrons. The molecule has 1 aliphatic heterocycles. The van der Waals surface area contributed by atoms with Crippen molar-refractivity contribution in [3.63, 3.8) is 0 Å². The van der Waals surface area contributed by atoms with Crippen LogP contribution in [0.5, 0.6) is 0 Å². The van der Waals surface area contributed by atoms with Crippen molar-refractivity contribution >= 4 is 22.8 Å². The van der Waals surface area contributed by atoms with Crippen molar-refractivity contribution in [2.24, 2.45) is 0 Å². The molecule has 2 unspecified atom stereocenters. The van der Waals surface area contributed by atoms with Gasteiger partial charge in [-0.1, -0.05) is 30.3 Å². The predicted octanol–water partition coefficient (Wildman–Crippen LogP) is 2.41. The summed E-state index contributed by atoms with van der Waals surface area (Å²) in [5.41, 5.74) is 1.06. The minimum Gasteiger partial charge on any atom is -0.481 e. The monoisotopic (exact) mass is 380 g/mol. The Hall–Kier alpha value is -1.89. The molecule has 2 amide bonds. The van der Waals surface area contributed by atoms with E-state index in [1.54, 1.807) is 4.90 Å². The highest BCUT2D eigenvalue weighted by molar-refractivity contribution is 7.86. The number of carbonyl (C=O) groups is 2. The van der Waals surface area contributed by atoms with Gasteiger partial charge >= 0.3 is 12.0 Å². The summed E-state index contributed by atoms with van der Waals surface area (Å²) in [6.07, 6.45) is 1.66. The molecule has 0 bridgehead atoms. The zero-order valence-electron chi connectivity index (χ0n) is 15.4. The lowest BCUT2D eigenvalue weighted by Crippen LogP contribution is -2.46. The second-order valence-electron chi connectivity index (χ2n) is 7.31. The van der Waals surface area contributed by atoms with Gasteiger partial charge in [-0.05, 0) is 38.7 Å². The Morgan fingerprint density at radius 1 is 1.27 bits per heavy atom. The molecule has 1 fully saturated rings. The minimum absolute atomic E-state index is 0.00876. The van der Waals surface area contributed by atoms with E-state index in [4.69, 9.17) is 5.11 Å². The molecule has 6 nitrogen and oxygen atoms in total. The zero-order chi connectivity index (χ0) is 19.2. The van der Waals surface area contributed by atoms with Gasteiger partial charge in [0.15, 0.2) is 0 Å². The second kappa shape index (κ2) is 9.16. The van der Waals surface area contributed by atoms with Crippen molar-refractivity contribution in [2.75, 3.05) is 18.8 Å². The van der Waals surface area contributed by atoms with E-state index >= 15 is 0 Å². The summed E-state index contributed by atoms with van der Waals surface area (Å²) in [7, 11) is -0.958. The van der Waals surface area contributed by atoms with Crippen molar-refractivity contribution in [3.05, 3.63) is 35.9 Å². The molecule has 26 heavy (non-hydrogen) atoms. The fraction of sp³-hybridized carbons (Fsp3) is 0.579. The maximum Gasteiger partial charge on any atom is 0.317 e. The number of amides is 2. The van der Waals surface area contributed by atoms with Crippen molar-refractivity contribution < 1.29 is 18.9 Å². The van der Waals surface area contributed by atoms with E-state index in [2.05, 4.69) is 5.32 Å². The molecule has 0 spiro atoms. The van der Waals surface area contributed by atoms with Gasteiger partial charge in [-0.25, -0.2) is 4.79 Å². The second-order valence-corrected chi connectivity index (χ2v) is 9.52. The SMILES string of the molecule is CC1(C)CCN(C(=O)NC(CCC(=O)O)Cc2ccccc2)CCS1=O. The van der Waals surface area contributed by atoms with E-state index in [0.717, 1.165) is 5.56 Å². The quantitative estimate of drug-likeness (QED) is 0.793. The molecule has 2 atom stereocenters. The molecule has 0 radical (unpaired) electrons. The number of nitrogens with zero attached hydrogens (tertiary/aromatic N) is 1. The minimum atomic E-state index is -0.958. The molecule has 0 aliphatic carbocycles. The highest BCUT2D eigenvalue weighted by Crippen LogP contribution is 2.22. The average Bonchev–Trinajstić information content (AvgIpc) is 2.72. The summed E-state index contributed by atoms with van der Waals surface area (Å²) < 4.78 is 11.9. The Bertz CT molecular complexity index is 648. The first-order chi connectivity index (χ1) is 12.3. The lowest BCUT2D eigenvalue weighted by molar-refractivity contribution is -0.137. The van der Waals surface area contributed by atoms with Gasteiger partial charge in [0, 0.05) is 46.9 Å². The van der Waals surface area contributed by atoms with Crippen LogP contribution in [0, 0.1) is 0 Å². The first-order valence-electron chi connectivity index (χ1n) is 8.97. The van der Waals surface area contributed by atoms with Gasteiger partial charge in [0.1, 0.15) is 0 Å². The number of carbonyl (C=O) groups excluding carboxylic acids is 1. The molecular weight excluding hydrogens is 352 g/mol. The summed E-state index contributed by atoms with van der Waals surface area (Å²) in [6, 6.07) is 9.27. The lowest BCUT2D eigenvalue weighted by Gasteiger charge is -2.26. The van der Waals surface area contributed by atoms with Crippen molar-refractivity contribution in [1.29, 1.82) is 0 Å². The van der Waals surface area contributed by atoms with Crippen molar-refractivity contribution in [3.8, 4) is 0 Å². The van der Waals surface area contributed by atoms with Crippen molar-refractivity contribution in [2.45, 2.75) is 50.3 Å². The Morgan fingerprint density at radius 2 is 1.96 bits per heavy atom. The van der Waals surface area contributed by atoms with Crippen LogP contribution in [-0.4, -0.2) is 55.8 Å². The average molecular weight is 381 g/mol. The van der Waals surface area contributed by atoms with Crippen LogP contribution >= 0.6 is 0 Å². The molecular formula is C19H28N2O4S. The Labute approximate surface area is 157 Å². The third-order valence-corrected chi connectivity index (χ3v) is 6.78. The number of urea groups is 1. The van der Waals surface area contributed by atoms with E-state index in [-0.39, 0.29) is 23.2 Å². The standard InChI is InChI=1S/C19H28N2O4S/c1-19(2)10-11-21(12-13-26(19)25)18(24)20-16(8-9-17(22)23)14-15-6-4-3-5-7-15/h3-7,16H,8-14H2,1-2H3,(H,20,24)(H,22,23). The zero-order valence-corrected chi connectivity index (χ0v) is 16.3. The highest BCUT2D eigenvalue weighted by atomic mass is 32.2. The molecule has 1 saturated heterocycles. The number of aliphatic carboxylic acids is 1. The maximum atomic E-state index is 12.7. The predicted molar refractivity (Wildman–Crippen MR) is 103 cm³/mol. The van der Waals surface area contributed by atoms with E-state index in [9.17, 15) is 13.8 Å². The van der Waals surface area contributed by atoms with Crippen LogP contribution in [0.2, 0.25) is 0 Å². The summed E-state index contributed by atoms with van der Waals surface area (Å²) in [6.45, 7) is 4.95. The molecule has 1 aliphatic rings. The number of hydrogen-bond donors (Lipinski definition) is 2. The summed E-state index contributed by atoms with van der Waals surface area (Å²) in [5, 5.41) is 12.0. The summed E-state index contributed by atoms with van der Waals surface area (Å²) in [4.78, 5) is 25.3. The van der Waals surface area contributed by atoms with Crippen LogP contribution in [0.4, 0.5) is 4.79 Å². The third-order valence-electron chi connectivity index (χ3n) is 4.79. The fourth-order valence-corrected chi connectivity index (χ4v) is 4.25. The van der Waals surface area contributed by atoms with Crippen LogP contribution in [0.15, 0.2) is 30.3 Å². The number of nitrogens with one attached hydrogen (secondary N) is 1. The fourth-order valence-electron chi connectivity index (χ4n) is 2.99. The topological polar surface area (TPSA) is 86.7 Å². The van der Waals surface area contributed by atoms with Crippen LogP contribution in [0.1, 0.15) is 38.7 Å². The first-order valence-corrected chi connectivity index (χ1v) is 10.3. The highest BCUT2D eigenvalue weighted by Gasteiger charge is 2.31. The number of carboxylic acid groups (broad SMARTS) is 1. The molecule has 0 saturated carbocycles. The van der Waals surface area contributed by atoms with Crippen LogP contribution in [0.3, 0.4) is 0 Å². The Balaban J connectivity index is 2.00. The molecule has 7 heteroatoms. The van der Waals surface area contributed by atoms with Gasteiger partial charge < -0.3 is 15.3 Å². The lowest BCUT2D eigenvalue weighted by atomic mass is 10.0. The Kier molecular flexibility index (Phi) is 7.20. The number of carboxylic acids is 1. The molecule has 1 aromatic carbocycles. The number of hydrogen-bond acceptors (Lipinski definition) is 3. The molecule has 2 N–H and O–H groups in total. The van der Waals surface area contributed by atoms with Crippen LogP contribution < -0.4 is 5.32 Å². The maximum absolute atomic E-state index is 12.7. The van der Waals surface area contributed by atoms with Gasteiger partial charge in [-0.3, -0.25) is 9.00 Å². The van der Waals surface area contributed by atoms with E-state index in [0.29, 0.717) is 38.1 Å². The summed E-state index contributed by atoms with van der Waals surface area (Å²) >= 11 is 0. The van der Waals surface area contributed by atoms with Gasteiger partial charge in [-0.15, -0.1) is 0 Å². The van der Waals surface area contributed by atoms with Gasteiger partial charge in [0.2, 0.25) is 0 Å². The molecule has 2 rings (SSSR count). The largest absolute Gasteiger partial charge is 0.481 e. The third kappa shape index (κ3) is 6.12. The normalized spacial score (nSPS) is 20.8. The summed E-state index contributed by atoms with van der Waals surface area (Å²) in [5.74, 6) is -0.400. The first kappa shape index (κ1) is 20.4. The van der Waals surface area contributed by atoms with Gasteiger partial charge in [0.05, 0.1) is 0 Å². The van der Waals surface area contributed by atoms with Crippen LogP contribution in [0.25, 0.3) is 0 Å². The molecule has 0 aromatic heterocycles. The number of rotatable bonds is 6. The molecule has 1 heterocycles. The van der Waals surface area contributed by atoms with Gasteiger partial charge in [0.25, 0.3) is 0 Å². The van der Waals surface area contributed by atoms with Gasteiger partial charge in [-0.2, -0.15) is 0 Å². The van der Waals surface area contributed by atoms with Crippen molar-refractivity contribution in [1.82, 2.24) is 10.2 Å². The Morgan fingerprint density at radius 3 is 2.62 bits per heavy atom. The smallest absolute Gasteiger partial charge is 0.317 e. The van der Waals surface area contributed by atoms with E-state index in [1.807, 2.05) is 44.2 Å². The number of benzene rings is 1. The van der Waals surface area contributed by atoms with E-state index < -0.39 is 16.8 Å². The van der Waals surface area contributed by atoms with E-state index in [1.165, 1.54) is 0 Å².